The largest absolute Gasteiger partial charge is 0.456 e. The predicted octanol–water partition coefficient (Wildman–Crippen LogP) is 21.8. The number of carbonyl (C=O) groups is 8. The zero-order chi connectivity index (χ0) is 97.7. The minimum Gasteiger partial charge on any atom is -0.456 e. The van der Waals surface area contributed by atoms with E-state index in [0.29, 0.717) is 132 Å². The van der Waals surface area contributed by atoms with E-state index in [2.05, 4.69) is 80.3 Å². The molecule has 24 atom stereocenters. The van der Waals surface area contributed by atoms with Gasteiger partial charge in [-0.2, -0.15) is 0 Å². The van der Waals surface area contributed by atoms with Crippen molar-refractivity contribution in [2.24, 2.45) is 47.3 Å². The second-order valence-corrected chi connectivity index (χ2v) is 44.4. The van der Waals surface area contributed by atoms with Crippen molar-refractivity contribution in [3.05, 3.63) is 100 Å². The van der Waals surface area contributed by atoms with Gasteiger partial charge in [-0.15, -0.1) is 0 Å². The van der Waals surface area contributed by atoms with Crippen molar-refractivity contribution in [3.8, 4) is 0 Å². The van der Waals surface area contributed by atoms with Gasteiger partial charge in [0.15, 0.2) is 0 Å². The molecule has 16 aliphatic heterocycles. The van der Waals surface area contributed by atoms with Gasteiger partial charge in [0, 0.05) is 94.9 Å². The lowest BCUT2D eigenvalue weighted by Crippen LogP contribution is -2.47. The second-order valence-electron chi connectivity index (χ2n) is 44.4. The van der Waals surface area contributed by atoms with Gasteiger partial charge < -0.3 is 75.8 Å². The fraction of sp³-hybridized carbons (Fsp3) is 0.786. The van der Waals surface area contributed by atoms with Crippen LogP contribution in [0.15, 0.2) is 100 Å². The van der Waals surface area contributed by atoms with Gasteiger partial charge in [0.2, 0.25) is 0 Å². The van der Waals surface area contributed by atoms with Crippen molar-refractivity contribution < 1.29 is 114 Å². The van der Waals surface area contributed by atoms with E-state index < -0.39 is 11.2 Å². The first-order valence-corrected chi connectivity index (χ1v) is 53.2. The fourth-order valence-electron chi connectivity index (χ4n) is 28.6. The zero-order valence-electron chi connectivity index (χ0n) is 84.3. The standard InChI is InChI=1S/2C15H22O3.C15H24O3.2C14H20O3.C14H22O3.C13H20O3.C12H18O3/c2*1-2-14(16)18-15(8-4-3-5-9-15)12-10-11-6-7-13(12)17-11;1-5-15(6-2,18-14(16)10(3)4)12-9-11-7-8-13(12)17-11;2*1-2-13(15)17-14(7-3-4-8-14)11-9-10-5-6-12(11)16-10;1-4-13(15)17-14(5-2,6-3)11-9-10-7-8-12(11)16-10;1-8(2)12(14)16-13(3,4)10-7-9-5-6-11(10)15-9;1-4-11(13)15-12(2,3)9-7-8-5-6-10(9)14-8/h2*2,11-13H,1,3-10H2;11-13H,3,5-9H2,1-2,4H3;2*2,10-12H,1,3-9H2;4,10-12H,1,5-9H2,2-3H3;9-11H,1,5-7H2,2-4H3;4,8-10H,1,5-7H2,2-3H3. The van der Waals surface area contributed by atoms with E-state index in [9.17, 15) is 38.4 Å². The Labute approximate surface area is 812 Å². The fourth-order valence-corrected chi connectivity index (χ4v) is 28.6. The molecule has 24 unspecified atom stereocenters. The predicted molar refractivity (Wildman–Crippen MR) is 516 cm³/mol. The highest BCUT2D eigenvalue weighted by molar-refractivity contribution is 5.88. The summed E-state index contributed by atoms with van der Waals surface area (Å²) in [5.74, 6) is 0.780. The smallest absolute Gasteiger partial charge is 0.333 e. The molecule has 24 nitrogen and oxygen atoms in total. The van der Waals surface area contributed by atoms with Crippen LogP contribution >= 0.6 is 0 Å². The minimum absolute atomic E-state index is 0.245. The third-order valence-electron chi connectivity index (χ3n) is 35.6. The molecule has 20 rings (SSSR count). The van der Waals surface area contributed by atoms with Gasteiger partial charge in [0.1, 0.15) is 44.8 Å². The van der Waals surface area contributed by atoms with Gasteiger partial charge in [0.05, 0.1) is 97.7 Å². The summed E-state index contributed by atoms with van der Waals surface area (Å²) in [5.41, 5.74) is -1.69. The monoisotopic (exact) mass is 1900 g/mol. The Morgan fingerprint density at radius 1 is 0.272 bits per heavy atom. The van der Waals surface area contributed by atoms with Crippen LogP contribution in [0.2, 0.25) is 0 Å². The number of rotatable bonds is 28. The van der Waals surface area contributed by atoms with Gasteiger partial charge in [-0.3, -0.25) is 0 Å². The van der Waals surface area contributed by atoms with Crippen LogP contribution in [0.3, 0.4) is 0 Å². The van der Waals surface area contributed by atoms with Crippen molar-refractivity contribution in [2.75, 3.05) is 0 Å². The Kier molecular flexibility index (Phi) is 36.6. The topological polar surface area (TPSA) is 284 Å². The highest BCUT2D eigenvalue weighted by Gasteiger charge is 2.61. The van der Waals surface area contributed by atoms with Crippen LogP contribution in [0, 0.1) is 47.3 Å². The Hall–Kier alpha value is -6.64. The Bertz CT molecular complexity index is 3960. The second kappa shape index (κ2) is 46.6. The summed E-state index contributed by atoms with van der Waals surface area (Å²) in [6.45, 7) is 47.9. The number of esters is 8. The first-order valence-electron chi connectivity index (χ1n) is 53.2. The maximum atomic E-state index is 11.9. The number of fused-ring (bicyclic) bond motifs is 16. The van der Waals surface area contributed by atoms with Crippen LogP contribution < -0.4 is 0 Å². The zero-order valence-corrected chi connectivity index (χ0v) is 84.3. The first-order chi connectivity index (χ1) is 65.0. The van der Waals surface area contributed by atoms with Crippen molar-refractivity contribution in [3.63, 3.8) is 0 Å². The highest BCUT2D eigenvalue weighted by atomic mass is 16.6. The van der Waals surface area contributed by atoms with Crippen LogP contribution in [-0.2, 0) is 114 Å². The average Bonchev–Trinajstić information content (AvgIpc) is 1.60. The lowest BCUT2D eigenvalue weighted by molar-refractivity contribution is -0.169. The van der Waals surface area contributed by atoms with E-state index in [-0.39, 0.29) is 106 Å². The van der Waals surface area contributed by atoms with E-state index in [1.54, 1.807) is 13.8 Å². The van der Waals surface area contributed by atoms with E-state index in [1.807, 2.05) is 27.7 Å². The van der Waals surface area contributed by atoms with Crippen molar-refractivity contribution in [1.82, 2.24) is 0 Å². The van der Waals surface area contributed by atoms with E-state index in [4.69, 9.17) is 75.8 Å². The molecule has 16 heterocycles. The molecule has 0 radical (unpaired) electrons. The van der Waals surface area contributed by atoms with Crippen LogP contribution in [0.4, 0.5) is 0 Å². The van der Waals surface area contributed by atoms with Crippen molar-refractivity contribution in [2.45, 2.75) is 507 Å². The molecule has 0 spiro atoms. The first kappa shape index (κ1) is 107. The van der Waals surface area contributed by atoms with E-state index in [1.165, 1.54) is 87.8 Å². The summed E-state index contributed by atoms with van der Waals surface area (Å²) in [5, 5.41) is 0. The molecule has 760 valence electrons. The molecule has 0 aromatic rings. The summed E-state index contributed by atoms with van der Waals surface area (Å²) in [6, 6.07) is 0. The summed E-state index contributed by atoms with van der Waals surface area (Å²) in [6.07, 6.45) is 63.4. The summed E-state index contributed by atoms with van der Waals surface area (Å²) in [7, 11) is 0. The number of hydrogen-bond donors (Lipinski definition) is 0. The third-order valence-corrected chi connectivity index (χ3v) is 35.6. The molecule has 0 aromatic heterocycles. The molecule has 0 amide bonds. The van der Waals surface area contributed by atoms with Crippen LogP contribution in [-0.4, -0.2) is 190 Å². The SMILES string of the molecule is C=C(C)C(=O)OC(C)(C)C1CC2CCC1O2.C=C(C)C(=O)OC(CC)(CC)C1CC2CCC1O2.C=CC(=O)OC(C)(C)C1CC2CCC1O2.C=CC(=O)OC(CC)(CC)C1CC2CCC1O2.C=CC(=O)OC1(C2CC3CCC2O3)CCCC1.C=CC(=O)OC1(C2CC3CCC2O3)CCCC1.C=CC(=O)OC1(C2CC3CCC2O3)CCCCC1.C=CC(=O)OC1(C2CC3CCC2O3)CCCCC1. The Morgan fingerprint density at radius 2 is 0.478 bits per heavy atom. The highest BCUT2D eigenvalue weighted by Crippen LogP contribution is 2.58. The maximum Gasteiger partial charge on any atom is 0.333 e. The molecule has 0 N–H and O–H groups in total. The lowest BCUT2D eigenvalue weighted by atomic mass is 9.69. The molecular weight excluding hydrogens is 1730 g/mol. The van der Waals surface area contributed by atoms with Crippen LogP contribution in [0.5, 0.6) is 0 Å². The lowest BCUT2D eigenvalue weighted by Gasteiger charge is -2.43. The molecule has 0 aromatic carbocycles. The molecule has 20 aliphatic rings. The molecular formula is C112H168O24. The Morgan fingerprint density at radius 3 is 0.684 bits per heavy atom. The number of carbonyl (C=O) groups excluding carboxylic acids is 8. The molecule has 4 saturated carbocycles. The number of ether oxygens (including phenoxy) is 16. The normalized spacial score (nSPS) is 35.1. The molecule has 24 heteroatoms. The van der Waals surface area contributed by atoms with Gasteiger partial charge in [-0.05, 0) is 324 Å². The summed E-state index contributed by atoms with van der Waals surface area (Å²) >= 11 is 0. The summed E-state index contributed by atoms with van der Waals surface area (Å²) < 4.78 is 92.7. The maximum absolute atomic E-state index is 11.9. The quantitative estimate of drug-likeness (QED) is 0.0399. The molecule has 16 saturated heterocycles. The van der Waals surface area contributed by atoms with Gasteiger partial charge in [0.25, 0.3) is 0 Å². The number of hydrogen-bond acceptors (Lipinski definition) is 24. The minimum atomic E-state index is -0.449. The molecule has 16 bridgehead atoms. The summed E-state index contributed by atoms with van der Waals surface area (Å²) in [4.78, 5) is 92.6. The van der Waals surface area contributed by atoms with E-state index in [0.717, 1.165) is 244 Å². The van der Waals surface area contributed by atoms with Gasteiger partial charge in [-0.1, -0.05) is 93.2 Å². The molecule has 136 heavy (non-hydrogen) atoms. The average molecular weight is 1900 g/mol. The molecule has 20 fully saturated rings. The van der Waals surface area contributed by atoms with Crippen molar-refractivity contribution >= 4 is 47.8 Å². The van der Waals surface area contributed by atoms with E-state index >= 15 is 0 Å². The Balaban J connectivity index is 0.000000132. The van der Waals surface area contributed by atoms with Crippen LogP contribution in [0.25, 0.3) is 0 Å². The van der Waals surface area contributed by atoms with Gasteiger partial charge >= 0.3 is 47.8 Å². The van der Waals surface area contributed by atoms with Crippen molar-refractivity contribution in [1.29, 1.82) is 0 Å². The third kappa shape index (κ3) is 24.6. The van der Waals surface area contributed by atoms with Gasteiger partial charge in [-0.25, -0.2) is 38.4 Å². The van der Waals surface area contributed by atoms with Crippen LogP contribution in [0.1, 0.15) is 365 Å². The molecule has 4 aliphatic carbocycles.